The molecule has 2 fully saturated rings. The van der Waals surface area contributed by atoms with Crippen LogP contribution in [0.15, 0.2) is 16.7 Å². The van der Waals surface area contributed by atoms with Gasteiger partial charge in [-0.3, -0.25) is 4.90 Å². The van der Waals surface area contributed by atoms with Crippen molar-refractivity contribution in [3.8, 4) is 0 Å². The molecule has 1 aromatic heterocycles. The first-order valence-corrected chi connectivity index (χ1v) is 7.90. The van der Waals surface area contributed by atoms with Crippen molar-refractivity contribution in [3.63, 3.8) is 0 Å². The van der Waals surface area contributed by atoms with E-state index in [2.05, 4.69) is 36.8 Å². The molecule has 0 radical (unpaired) electrons. The average Bonchev–Trinajstić information content (AvgIpc) is 3.09. The van der Waals surface area contributed by atoms with Gasteiger partial charge in [0.05, 0.1) is 0 Å². The van der Waals surface area contributed by atoms with E-state index < -0.39 is 0 Å². The Bertz CT molecular complexity index is 445. The Kier molecular flexibility index (Phi) is 4.05. The maximum atomic E-state index is 5.85. The highest BCUT2D eigenvalue weighted by Crippen LogP contribution is 2.27. The van der Waals surface area contributed by atoms with Crippen LogP contribution in [0.2, 0.25) is 0 Å². The van der Waals surface area contributed by atoms with Gasteiger partial charge >= 0.3 is 0 Å². The number of aromatic nitrogens is 1. The molecule has 1 aromatic rings. The van der Waals surface area contributed by atoms with Gasteiger partial charge in [-0.25, -0.2) is 4.98 Å². The number of halogens is 1. The molecule has 4 nitrogen and oxygen atoms in total. The molecule has 104 valence electrons. The molecule has 0 bridgehead atoms. The Labute approximate surface area is 123 Å². The van der Waals surface area contributed by atoms with E-state index in [9.17, 15) is 0 Å². The molecular weight excluding hydrogens is 304 g/mol. The highest BCUT2D eigenvalue weighted by atomic mass is 79.9. The lowest BCUT2D eigenvalue weighted by atomic mass is 10.2. The van der Waals surface area contributed by atoms with Crippen molar-refractivity contribution in [1.82, 2.24) is 9.88 Å². The summed E-state index contributed by atoms with van der Waals surface area (Å²) in [7, 11) is 0. The van der Waals surface area contributed by atoms with Gasteiger partial charge in [-0.2, -0.15) is 0 Å². The normalized spacial score (nSPS) is 24.3. The van der Waals surface area contributed by atoms with Gasteiger partial charge in [0.2, 0.25) is 0 Å². The first-order valence-electron chi connectivity index (χ1n) is 7.11. The summed E-state index contributed by atoms with van der Waals surface area (Å²) in [4.78, 5) is 9.61. The standard InChI is InChI=1S/C14H21BrN4/c15-12-7-11(8-16)14(17-9-12)19-6-3-13(10-19)18-4-1-2-5-18/h7,9,13H,1-6,8,10,16H2. The monoisotopic (exact) mass is 324 g/mol. The Morgan fingerprint density at radius 1 is 1.32 bits per heavy atom. The van der Waals surface area contributed by atoms with E-state index in [1.54, 1.807) is 0 Å². The molecule has 0 saturated carbocycles. The van der Waals surface area contributed by atoms with Gasteiger partial charge < -0.3 is 10.6 Å². The fourth-order valence-electron chi connectivity index (χ4n) is 3.25. The van der Waals surface area contributed by atoms with Crippen LogP contribution in [0, 0.1) is 0 Å². The summed E-state index contributed by atoms with van der Waals surface area (Å²) in [5, 5.41) is 0. The number of hydrogen-bond donors (Lipinski definition) is 1. The maximum absolute atomic E-state index is 5.85. The summed E-state index contributed by atoms with van der Waals surface area (Å²) in [5.74, 6) is 1.08. The highest BCUT2D eigenvalue weighted by molar-refractivity contribution is 9.10. The van der Waals surface area contributed by atoms with Crippen LogP contribution in [-0.2, 0) is 6.54 Å². The fourth-order valence-corrected chi connectivity index (χ4v) is 3.63. The van der Waals surface area contributed by atoms with Crippen molar-refractivity contribution >= 4 is 21.7 Å². The molecule has 0 spiro atoms. The Morgan fingerprint density at radius 3 is 2.84 bits per heavy atom. The zero-order chi connectivity index (χ0) is 13.2. The third-order valence-corrected chi connectivity index (χ3v) is 4.68. The fraction of sp³-hybridized carbons (Fsp3) is 0.643. The van der Waals surface area contributed by atoms with E-state index in [-0.39, 0.29) is 0 Å². The van der Waals surface area contributed by atoms with Crippen molar-refractivity contribution in [2.24, 2.45) is 5.73 Å². The SMILES string of the molecule is NCc1cc(Br)cnc1N1CCC(N2CCCC2)C1. The number of pyridine rings is 1. The van der Waals surface area contributed by atoms with Crippen LogP contribution in [0.5, 0.6) is 0 Å². The molecule has 3 heterocycles. The second-order valence-corrected chi connectivity index (χ2v) is 6.39. The van der Waals surface area contributed by atoms with Gasteiger partial charge in [-0.1, -0.05) is 0 Å². The van der Waals surface area contributed by atoms with E-state index in [4.69, 9.17) is 5.73 Å². The molecule has 2 N–H and O–H groups in total. The number of rotatable bonds is 3. The van der Waals surface area contributed by atoms with Crippen molar-refractivity contribution in [3.05, 3.63) is 22.3 Å². The van der Waals surface area contributed by atoms with Crippen molar-refractivity contribution in [2.45, 2.75) is 31.8 Å². The van der Waals surface area contributed by atoms with E-state index in [1.165, 1.54) is 32.4 Å². The minimum atomic E-state index is 0.548. The van der Waals surface area contributed by atoms with Crippen LogP contribution in [-0.4, -0.2) is 42.1 Å². The minimum Gasteiger partial charge on any atom is -0.355 e. The molecule has 0 aliphatic carbocycles. The predicted molar refractivity (Wildman–Crippen MR) is 81.3 cm³/mol. The molecule has 3 rings (SSSR count). The van der Waals surface area contributed by atoms with E-state index in [1.807, 2.05) is 6.20 Å². The van der Waals surface area contributed by atoms with Crippen LogP contribution in [0.3, 0.4) is 0 Å². The smallest absolute Gasteiger partial charge is 0.133 e. The number of nitrogens with two attached hydrogens (primary N) is 1. The molecule has 19 heavy (non-hydrogen) atoms. The van der Waals surface area contributed by atoms with Crippen LogP contribution >= 0.6 is 15.9 Å². The van der Waals surface area contributed by atoms with Gasteiger partial charge in [0.1, 0.15) is 5.82 Å². The van der Waals surface area contributed by atoms with Gasteiger partial charge in [-0.15, -0.1) is 0 Å². The number of likely N-dealkylation sites (tertiary alicyclic amines) is 1. The highest BCUT2D eigenvalue weighted by Gasteiger charge is 2.30. The maximum Gasteiger partial charge on any atom is 0.133 e. The lowest BCUT2D eigenvalue weighted by molar-refractivity contribution is 0.260. The second kappa shape index (κ2) is 5.77. The van der Waals surface area contributed by atoms with Gasteiger partial charge in [0.25, 0.3) is 0 Å². The van der Waals surface area contributed by atoms with Crippen molar-refractivity contribution in [2.75, 3.05) is 31.1 Å². The van der Waals surface area contributed by atoms with Crippen molar-refractivity contribution < 1.29 is 0 Å². The molecule has 5 heteroatoms. The summed E-state index contributed by atoms with van der Waals surface area (Å²) in [6.07, 6.45) is 5.85. The minimum absolute atomic E-state index is 0.548. The lowest BCUT2D eigenvalue weighted by Crippen LogP contribution is -2.35. The summed E-state index contributed by atoms with van der Waals surface area (Å²) in [6, 6.07) is 2.80. The average molecular weight is 325 g/mol. The first-order chi connectivity index (χ1) is 9.28. The van der Waals surface area contributed by atoms with Gasteiger partial charge in [0, 0.05) is 41.9 Å². The lowest BCUT2D eigenvalue weighted by Gasteiger charge is -2.25. The largest absolute Gasteiger partial charge is 0.355 e. The topological polar surface area (TPSA) is 45.4 Å². The molecule has 1 unspecified atom stereocenters. The summed E-state index contributed by atoms with van der Waals surface area (Å²) in [6.45, 7) is 5.29. The third-order valence-electron chi connectivity index (χ3n) is 4.25. The van der Waals surface area contributed by atoms with E-state index in [0.717, 1.165) is 28.9 Å². The summed E-state index contributed by atoms with van der Waals surface area (Å²) >= 11 is 3.47. The van der Waals surface area contributed by atoms with Crippen molar-refractivity contribution in [1.29, 1.82) is 0 Å². The van der Waals surface area contributed by atoms with Gasteiger partial charge in [0.15, 0.2) is 0 Å². The number of hydrogen-bond acceptors (Lipinski definition) is 4. The van der Waals surface area contributed by atoms with Crippen LogP contribution < -0.4 is 10.6 Å². The Morgan fingerprint density at radius 2 is 2.11 bits per heavy atom. The van der Waals surface area contributed by atoms with Crippen LogP contribution in [0.25, 0.3) is 0 Å². The third kappa shape index (κ3) is 2.78. The molecule has 2 aliphatic heterocycles. The Hall–Kier alpha value is -0.650. The van der Waals surface area contributed by atoms with E-state index >= 15 is 0 Å². The quantitative estimate of drug-likeness (QED) is 0.923. The zero-order valence-corrected chi connectivity index (χ0v) is 12.8. The van der Waals surface area contributed by atoms with Crippen LogP contribution in [0.4, 0.5) is 5.82 Å². The molecule has 1 atom stereocenters. The molecular formula is C14H21BrN4. The van der Waals surface area contributed by atoms with Crippen LogP contribution in [0.1, 0.15) is 24.8 Å². The Balaban J connectivity index is 1.73. The van der Waals surface area contributed by atoms with Gasteiger partial charge in [-0.05, 0) is 54.3 Å². The van der Waals surface area contributed by atoms with E-state index in [0.29, 0.717) is 12.6 Å². The first kappa shape index (κ1) is 13.3. The molecule has 0 amide bonds. The second-order valence-electron chi connectivity index (χ2n) is 5.47. The number of nitrogens with zero attached hydrogens (tertiary/aromatic N) is 3. The number of anilines is 1. The molecule has 0 aromatic carbocycles. The zero-order valence-electron chi connectivity index (χ0n) is 11.2. The predicted octanol–water partition coefficient (Wildman–Crippen LogP) is 1.98. The molecule has 2 aliphatic rings. The molecule has 2 saturated heterocycles. The summed E-state index contributed by atoms with van der Waals surface area (Å²) < 4.78 is 1.01. The summed E-state index contributed by atoms with van der Waals surface area (Å²) in [5.41, 5.74) is 6.98.